The summed E-state index contributed by atoms with van der Waals surface area (Å²) in [6.07, 6.45) is 2.40. The smallest absolute Gasteiger partial charge is 0.00191 e. The minimum Gasteiger partial charge on any atom is -0.176 e. The van der Waals surface area contributed by atoms with Gasteiger partial charge in [0.1, 0.15) is 0 Å². The van der Waals surface area contributed by atoms with Crippen LogP contribution < -0.4 is 0 Å². The van der Waals surface area contributed by atoms with Crippen LogP contribution in [0.2, 0.25) is 0 Å². The summed E-state index contributed by atoms with van der Waals surface area (Å²) in [4.78, 5) is 0. The number of hydrogen-bond donors (Lipinski definition) is 1. The molecule has 0 spiro atoms. The van der Waals surface area contributed by atoms with Gasteiger partial charge in [-0.25, -0.2) is 0 Å². The standard InChI is InChI=1S/C8H18S/c1-5-7(9)6-8(2,3)4/h7,9H,5-6H2,1-4H3. The third-order valence-electron chi connectivity index (χ3n) is 1.32. The zero-order valence-corrected chi connectivity index (χ0v) is 7.83. The number of rotatable bonds is 2. The molecular formula is C8H18S. The van der Waals surface area contributed by atoms with E-state index < -0.39 is 0 Å². The Morgan fingerprint density at radius 2 is 1.78 bits per heavy atom. The van der Waals surface area contributed by atoms with Gasteiger partial charge in [-0.1, -0.05) is 27.7 Å². The highest BCUT2D eigenvalue weighted by atomic mass is 32.1. The van der Waals surface area contributed by atoms with Crippen LogP contribution in [-0.2, 0) is 0 Å². The lowest BCUT2D eigenvalue weighted by Gasteiger charge is -2.21. The summed E-state index contributed by atoms with van der Waals surface area (Å²) in [5, 5.41) is 0.588. The maximum atomic E-state index is 4.42. The number of thiol groups is 1. The minimum absolute atomic E-state index is 0.447. The first-order valence-corrected chi connectivity index (χ1v) is 4.15. The highest BCUT2D eigenvalue weighted by Crippen LogP contribution is 2.24. The van der Waals surface area contributed by atoms with Gasteiger partial charge in [-0.05, 0) is 18.3 Å². The minimum atomic E-state index is 0.447. The lowest BCUT2D eigenvalue weighted by Crippen LogP contribution is -2.12. The molecule has 0 saturated heterocycles. The molecule has 0 aromatic carbocycles. The molecule has 1 atom stereocenters. The van der Waals surface area contributed by atoms with Gasteiger partial charge in [0.2, 0.25) is 0 Å². The average Bonchev–Trinajstić information content (AvgIpc) is 1.62. The van der Waals surface area contributed by atoms with Crippen LogP contribution in [-0.4, -0.2) is 5.25 Å². The van der Waals surface area contributed by atoms with Gasteiger partial charge in [-0.3, -0.25) is 0 Å². The summed E-state index contributed by atoms with van der Waals surface area (Å²) in [7, 11) is 0. The van der Waals surface area contributed by atoms with Crippen LogP contribution in [0.5, 0.6) is 0 Å². The molecule has 0 aliphatic rings. The fourth-order valence-electron chi connectivity index (χ4n) is 0.851. The predicted octanol–water partition coefficient (Wildman–Crippen LogP) is 3.13. The van der Waals surface area contributed by atoms with Crippen LogP contribution in [0.3, 0.4) is 0 Å². The van der Waals surface area contributed by atoms with E-state index in [1.807, 2.05) is 0 Å². The third kappa shape index (κ3) is 6.23. The van der Waals surface area contributed by atoms with E-state index in [-0.39, 0.29) is 0 Å². The molecule has 0 nitrogen and oxygen atoms in total. The maximum Gasteiger partial charge on any atom is 0.00191 e. The molecule has 0 aromatic rings. The molecule has 0 N–H and O–H groups in total. The number of hydrogen-bond acceptors (Lipinski definition) is 1. The van der Waals surface area contributed by atoms with Gasteiger partial charge in [0.15, 0.2) is 0 Å². The second-order valence-electron chi connectivity index (χ2n) is 3.83. The molecule has 0 saturated carbocycles. The van der Waals surface area contributed by atoms with Crippen LogP contribution >= 0.6 is 12.6 Å². The summed E-state index contributed by atoms with van der Waals surface area (Å²) in [6, 6.07) is 0. The van der Waals surface area contributed by atoms with Crippen molar-refractivity contribution in [2.45, 2.75) is 45.8 Å². The zero-order valence-electron chi connectivity index (χ0n) is 6.94. The fourth-order valence-corrected chi connectivity index (χ4v) is 1.40. The van der Waals surface area contributed by atoms with Crippen LogP contribution in [0.1, 0.15) is 40.5 Å². The summed E-state index contributed by atoms with van der Waals surface area (Å²) in [5.74, 6) is 0. The molecule has 0 heterocycles. The first-order valence-electron chi connectivity index (χ1n) is 3.64. The molecule has 1 unspecified atom stereocenters. The highest BCUT2D eigenvalue weighted by molar-refractivity contribution is 7.80. The Morgan fingerprint density at radius 3 is 1.89 bits per heavy atom. The van der Waals surface area contributed by atoms with Crippen molar-refractivity contribution in [3.63, 3.8) is 0 Å². The normalized spacial score (nSPS) is 15.7. The van der Waals surface area contributed by atoms with Crippen molar-refractivity contribution in [1.29, 1.82) is 0 Å². The van der Waals surface area contributed by atoms with E-state index in [1.165, 1.54) is 12.8 Å². The van der Waals surface area contributed by atoms with E-state index in [9.17, 15) is 0 Å². The summed E-state index contributed by atoms with van der Waals surface area (Å²) in [6.45, 7) is 8.95. The van der Waals surface area contributed by atoms with Crippen molar-refractivity contribution in [2.75, 3.05) is 0 Å². The maximum absolute atomic E-state index is 4.42. The Labute approximate surface area is 64.4 Å². The Balaban J connectivity index is 3.47. The molecule has 0 fully saturated rings. The lowest BCUT2D eigenvalue weighted by molar-refractivity contribution is 0.370. The molecule has 0 rings (SSSR count). The first-order chi connectivity index (χ1) is 3.95. The van der Waals surface area contributed by atoms with Gasteiger partial charge in [-0.2, -0.15) is 12.6 Å². The third-order valence-corrected chi connectivity index (χ3v) is 1.87. The topological polar surface area (TPSA) is 0 Å². The van der Waals surface area contributed by atoms with Crippen molar-refractivity contribution < 1.29 is 0 Å². The Kier molecular flexibility index (Phi) is 3.64. The molecule has 0 radical (unpaired) electrons. The van der Waals surface area contributed by atoms with Crippen LogP contribution in [0.25, 0.3) is 0 Å². The van der Waals surface area contributed by atoms with Crippen molar-refractivity contribution in [3.8, 4) is 0 Å². The van der Waals surface area contributed by atoms with Gasteiger partial charge in [0, 0.05) is 5.25 Å². The second kappa shape index (κ2) is 3.50. The second-order valence-corrected chi connectivity index (χ2v) is 4.56. The summed E-state index contributed by atoms with van der Waals surface area (Å²) in [5.41, 5.74) is 0.447. The van der Waals surface area contributed by atoms with E-state index in [0.717, 1.165) is 0 Å². The van der Waals surface area contributed by atoms with Crippen LogP contribution in [0.15, 0.2) is 0 Å². The Bertz CT molecular complexity index is 71.1. The summed E-state index contributed by atoms with van der Waals surface area (Å²) < 4.78 is 0. The van der Waals surface area contributed by atoms with Crippen molar-refractivity contribution in [3.05, 3.63) is 0 Å². The van der Waals surface area contributed by atoms with E-state index in [2.05, 4.69) is 40.3 Å². The van der Waals surface area contributed by atoms with E-state index in [0.29, 0.717) is 10.7 Å². The van der Waals surface area contributed by atoms with Crippen LogP contribution in [0, 0.1) is 5.41 Å². The van der Waals surface area contributed by atoms with E-state index in [1.54, 1.807) is 0 Å². The highest BCUT2D eigenvalue weighted by Gasteiger charge is 2.13. The Morgan fingerprint density at radius 1 is 1.33 bits per heavy atom. The van der Waals surface area contributed by atoms with Crippen LogP contribution in [0.4, 0.5) is 0 Å². The Hall–Kier alpha value is 0.350. The quantitative estimate of drug-likeness (QED) is 0.568. The van der Waals surface area contributed by atoms with Gasteiger partial charge < -0.3 is 0 Å². The molecule has 0 bridgehead atoms. The van der Waals surface area contributed by atoms with Gasteiger partial charge in [0.05, 0.1) is 0 Å². The van der Waals surface area contributed by atoms with Crippen molar-refractivity contribution in [2.24, 2.45) is 5.41 Å². The molecule has 0 aliphatic carbocycles. The molecular weight excluding hydrogens is 128 g/mol. The SMILES string of the molecule is CCC(S)CC(C)(C)C. The average molecular weight is 146 g/mol. The molecule has 9 heavy (non-hydrogen) atoms. The summed E-state index contributed by atoms with van der Waals surface area (Å²) >= 11 is 4.42. The van der Waals surface area contributed by atoms with E-state index in [4.69, 9.17) is 0 Å². The molecule has 1 heteroatoms. The molecule has 56 valence electrons. The zero-order chi connectivity index (χ0) is 7.49. The molecule has 0 aliphatic heterocycles. The molecule has 0 aromatic heterocycles. The van der Waals surface area contributed by atoms with Gasteiger partial charge in [0.25, 0.3) is 0 Å². The monoisotopic (exact) mass is 146 g/mol. The van der Waals surface area contributed by atoms with Gasteiger partial charge in [-0.15, -0.1) is 0 Å². The van der Waals surface area contributed by atoms with E-state index >= 15 is 0 Å². The lowest BCUT2D eigenvalue weighted by atomic mass is 9.90. The van der Waals surface area contributed by atoms with Crippen molar-refractivity contribution >= 4 is 12.6 Å². The van der Waals surface area contributed by atoms with Crippen molar-refractivity contribution in [1.82, 2.24) is 0 Å². The predicted molar refractivity (Wildman–Crippen MR) is 47.1 cm³/mol. The first kappa shape index (κ1) is 9.35. The fraction of sp³-hybridized carbons (Fsp3) is 1.00. The van der Waals surface area contributed by atoms with Gasteiger partial charge >= 0.3 is 0 Å². The largest absolute Gasteiger partial charge is 0.176 e. The molecule has 0 amide bonds.